The number of hydrogen-bond acceptors (Lipinski definition) is 4. The molecule has 2 aromatic rings. The summed E-state index contributed by atoms with van der Waals surface area (Å²) in [5.74, 6) is -0.754. The smallest absolute Gasteiger partial charge is 0.326 e. The highest BCUT2D eigenvalue weighted by Gasteiger charge is 2.33. The molecule has 110 valence electrons. The number of carbonyl (C=O) groups excluding carboxylic acids is 1. The molecule has 1 atom stereocenters. The minimum Gasteiger partial charge on any atom is -0.480 e. The van der Waals surface area contributed by atoms with E-state index in [2.05, 4.69) is 10.2 Å². The third kappa shape index (κ3) is 2.54. The van der Waals surface area contributed by atoms with Crippen molar-refractivity contribution in [2.24, 2.45) is 0 Å². The molecule has 21 heavy (non-hydrogen) atoms. The molecule has 0 spiro atoms. The first kappa shape index (κ1) is 13.4. The number of carboxylic acids is 1. The second kappa shape index (κ2) is 5.43. The first-order valence-corrected chi connectivity index (χ1v) is 6.80. The molecule has 3 heterocycles. The summed E-state index contributed by atoms with van der Waals surface area (Å²) in [6.45, 7) is 0.443. The number of furan rings is 1. The second-order valence-electron chi connectivity index (χ2n) is 4.99. The Morgan fingerprint density at radius 2 is 2.29 bits per heavy atom. The standard InChI is InChI=1S/C14H15N3O4/c18-13(17-6-2-1-4-11(17)14(19)20)10-8-9(15-16-10)12-5-3-7-21-12/h3,5,7-8,11H,1-2,4,6H2,(H,15,16)(H,19,20). The Labute approximate surface area is 120 Å². The van der Waals surface area contributed by atoms with E-state index in [0.717, 1.165) is 12.8 Å². The predicted molar refractivity (Wildman–Crippen MR) is 72.6 cm³/mol. The van der Waals surface area contributed by atoms with Gasteiger partial charge in [0.2, 0.25) is 0 Å². The monoisotopic (exact) mass is 289 g/mol. The van der Waals surface area contributed by atoms with Gasteiger partial charge >= 0.3 is 5.97 Å². The summed E-state index contributed by atoms with van der Waals surface area (Å²) in [5.41, 5.74) is 0.793. The van der Waals surface area contributed by atoms with E-state index in [1.54, 1.807) is 18.2 Å². The van der Waals surface area contributed by atoms with Crippen molar-refractivity contribution in [3.8, 4) is 11.5 Å². The fourth-order valence-electron chi connectivity index (χ4n) is 2.57. The summed E-state index contributed by atoms with van der Waals surface area (Å²) < 4.78 is 5.23. The average Bonchev–Trinajstić information content (AvgIpc) is 3.17. The largest absolute Gasteiger partial charge is 0.480 e. The maximum absolute atomic E-state index is 12.4. The van der Waals surface area contributed by atoms with Crippen molar-refractivity contribution in [2.45, 2.75) is 25.3 Å². The molecule has 0 aliphatic carbocycles. The van der Waals surface area contributed by atoms with Gasteiger partial charge in [-0.3, -0.25) is 9.89 Å². The number of nitrogens with zero attached hydrogens (tertiary/aromatic N) is 2. The lowest BCUT2D eigenvalue weighted by Gasteiger charge is -2.32. The molecule has 0 radical (unpaired) electrons. The summed E-state index contributed by atoms with van der Waals surface area (Å²) in [7, 11) is 0. The average molecular weight is 289 g/mol. The highest BCUT2D eigenvalue weighted by atomic mass is 16.4. The lowest BCUT2D eigenvalue weighted by atomic mass is 10.0. The SMILES string of the molecule is O=C(O)C1CCCCN1C(=O)c1cc(-c2ccco2)[nH]n1. The van der Waals surface area contributed by atoms with Crippen LogP contribution < -0.4 is 0 Å². The van der Waals surface area contributed by atoms with Crippen molar-refractivity contribution in [2.75, 3.05) is 6.54 Å². The van der Waals surface area contributed by atoms with Crippen LogP contribution in [0.5, 0.6) is 0 Å². The van der Waals surface area contributed by atoms with Crippen molar-refractivity contribution in [3.05, 3.63) is 30.2 Å². The van der Waals surface area contributed by atoms with Gasteiger partial charge < -0.3 is 14.4 Å². The quantitative estimate of drug-likeness (QED) is 0.896. The van der Waals surface area contributed by atoms with Crippen LogP contribution in [0.15, 0.2) is 28.9 Å². The van der Waals surface area contributed by atoms with Crippen LogP contribution in [0, 0.1) is 0 Å². The number of aromatic nitrogens is 2. The minimum atomic E-state index is -0.968. The number of carbonyl (C=O) groups is 2. The fourth-order valence-corrected chi connectivity index (χ4v) is 2.57. The topological polar surface area (TPSA) is 99.4 Å². The Balaban J connectivity index is 1.83. The number of hydrogen-bond donors (Lipinski definition) is 2. The van der Waals surface area contributed by atoms with Gasteiger partial charge in [0, 0.05) is 12.6 Å². The zero-order valence-corrected chi connectivity index (χ0v) is 11.3. The van der Waals surface area contributed by atoms with Crippen molar-refractivity contribution >= 4 is 11.9 Å². The van der Waals surface area contributed by atoms with Crippen molar-refractivity contribution in [1.29, 1.82) is 0 Å². The summed E-state index contributed by atoms with van der Waals surface area (Å²) in [6.07, 6.45) is 3.64. The molecule has 3 rings (SSSR count). The van der Waals surface area contributed by atoms with Gasteiger partial charge in [0.25, 0.3) is 5.91 Å². The van der Waals surface area contributed by atoms with Crippen LogP contribution in [0.4, 0.5) is 0 Å². The highest BCUT2D eigenvalue weighted by Crippen LogP contribution is 2.22. The normalized spacial score (nSPS) is 18.7. The van der Waals surface area contributed by atoms with Crippen LogP contribution in [0.25, 0.3) is 11.5 Å². The van der Waals surface area contributed by atoms with Crippen LogP contribution in [0.1, 0.15) is 29.8 Å². The number of aliphatic carboxylic acids is 1. The van der Waals surface area contributed by atoms with Gasteiger partial charge in [-0.25, -0.2) is 4.79 Å². The molecule has 0 aromatic carbocycles. The van der Waals surface area contributed by atoms with E-state index >= 15 is 0 Å². The van der Waals surface area contributed by atoms with Gasteiger partial charge in [0.1, 0.15) is 11.7 Å². The van der Waals surface area contributed by atoms with Gasteiger partial charge in [0.05, 0.1) is 6.26 Å². The number of amides is 1. The first-order valence-electron chi connectivity index (χ1n) is 6.80. The predicted octanol–water partition coefficient (Wildman–Crippen LogP) is 1.75. The van der Waals surface area contributed by atoms with Gasteiger partial charge in [0.15, 0.2) is 11.5 Å². The van der Waals surface area contributed by atoms with E-state index < -0.39 is 12.0 Å². The Kier molecular flexibility index (Phi) is 3.47. The third-order valence-corrected chi connectivity index (χ3v) is 3.63. The van der Waals surface area contributed by atoms with Crippen molar-refractivity contribution in [3.63, 3.8) is 0 Å². The molecule has 1 fully saturated rings. The Morgan fingerprint density at radius 1 is 1.43 bits per heavy atom. The zero-order valence-electron chi connectivity index (χ0n) is 11.3. The lowest BCUT2D eigenvalue weighted by molar-refractivity contribution is -0.143. The number of rotatable bonds is 3. The zero-order chi connectivity index (χ0) is 14.8. The maximum Gasteiger partial charge on any atom is 0.326 e. The maximum atomic E-state index is 12.4. The molecule has 1 aliphatic rings. The second-order valence-corrected chi connectivity index (χ2v) is 4.99. The summed E-state index contributed by atoms with van der Waals surface area (Å²) >= 11 is 0. The van der Waals surface area contributed by atoms with Gasteiger partial charge in [-0.15, -0.1) is 0 Å². The number of piperidine rings is 1. The Bertz CT molecular complexity index is 647. The van der Waals surface area contributed by atoms with Crippen LogP contribution in [0.2, 0.25) is 0 Å². The van der Waals surface area contributed by atoms with Crippen LogP contribution in [-0.2, 0) is 4.79 Å². The van der Waals surface area contributed by atoms with Gasteiger partial charge in [-0.1, -0.05) is 0 Å². The number of likely N-dealkylation sites (tertiary alicyclic amines) is 1. The van der Waals surface area contributed by atoms with E-state index in [1.165, 1.54) is 11.2 Å². The van der Waals surface area contributed by atoms with Crippen LogP contribution >= 0.6 is 0 Å². The lowest BCUT2D eigenvalue weighted by Crippen LogP contribution is -2.48. The Morgan fingerprint density at radius 3 is 3.00 bits per heavy atom. The Hall–Kier alpha value is -2.57. The first-order chi connectivity index (χ1) is 10.2. The van der Waals surface area contributed by atoms with Crippen molar-refractivity contribution < 1.29 is 19.1 Å². The summed E-state index contributed by atoms with van der Waals surface area (Å²) in [5, 5.41) is 15.9. The molecular formula is C14H15N3O4. The molecule has 0 saturated carbocycles. The van der Waals surface area contributed by atoms with Gasteiger partial charge in [-0.2, -0.15) is 5.10 Å². The molecule has 1 amide bonds. The molecular weight excluding hydrogens is 274 g/mol. The molecule has 2 N–H and O–H groups in total. The van der Waals surface area contributed by atoms with Crippen molar-refractivity contribution in [1.82, 2.24) is 15.1 Å². The molecule has 7 nitrogen and oxygen atoms in total. The third-order valence-electron chi connectivity index (χ3n) is 3.63. The molecule has 2 aromatic heterocycles. The summed E-state index contributed by atoms with van der Waals surface area (Å²) in [6, 6.07) is 4.30. The van der Waals surface area contributed by atoms with Gasteiger partial charge in [-0.05, 0) is 31.4 Å². The van der Waals surface area contributed by atoms with Crippen LogP contribution in [-0.4, -0.2) is 44.7 Å². The molecule has 1 saturated heterocycles. The fraction of sp³-hybridized carbons (Fsp3) is 0.357. The van der Waals surface area contributed by atoms with E-state index in [9.17, 15) is 14.7 Å². The minimum absolute atomic E-state index is 0.203. The molecule has 7 heteroatoms. The molecule has 0 bridgehead atoms. The van der Waals surface area contributed by atoms with Crippen LogP contribution in [0.3, 0.4) is 0 Å². The van der Waals surface area contributed by atoms with E-state index in [1.807, 2.05) is 0 Å². The summed E-state index contributed by atoms with van der Waals surface area (Å²) in [4.78, 5) is 25.1. The number of aromatic amines is 1. The molecule has 1 unspecified atom stereocenters. The number of carboxylic acid groups (broad SMARTS) is 1. The number of nitrogens with one attached hydrogen (secondary N) is 1. The number of H-pyrrole nitrogens is 1. The van der Waals surface area contributed by atoms with E-state index in [-0.39, 0.29) is 11.6 Å². The van der Waals surface area contributed by atoms with E-state index in [4.69, 9.17) is 4.42 Å². The van der Waals surface area contributed by atoms with E-state index in [0.29, 0.717) is 24.4 Å². The molecule has 1 aliphatic heterocycles. The highest BCUT2D eigenvalue weighted by molar-refractivity contribution is 5.95.